The van der Waals surface area contributed by atoms with Crippen molar-refractivity contribution in [3.63, 3.8) is 0 Å². The molecule has 1 saturated heterocycles. The second-order valence-electron chi connectivity index (χ2n) is 9.88. The predicted molar refractivity (Wildman–Crippen MR) is 147 cm³/mol. The highest BCUT2D eigenvalue weighted by molar-refractivity contribution is 7.99. The number of hydrogen-bond donors (Lipinski definition) is 1. The molecule has 2 fully saturated rings. The van der Waals surface area contributed by atoms with E-state index >= 15 is 0 Å². The van der Waals surface area contributed by atoms with Crippen LogP contribution in [0, 0.1) is 0 Å². The highest BCUT2D eigenvalue weighted by atomic mass is 32.2. The number of nitrogens with zero attached hydrogens (tertiary/aromatic N) is 3. The lowest BCUT2D eigenvalue weighted by atomic mass is 9.97. The summed E-state index contributed by atoms with van der Waals surface area (Å²) in [6.45, 7) is 3.26. The summed E-state index contributed by atoms with van der Waals surface area (Å²) in [7, 11) is 0. The Labute approximate surface area is 219 Å². The lowest BCUT2D eigenvalue weighted by Crippen LogP contribution is -2.36. The van der Waals surface area contributed by atoms with Gasteiger partial charge in [-0.15, -0.1) is 11.3 Å². The summed E-state index contributed by atoms with van der Waals surface area (Å²) in [5.74, 6) is 0.137. The standard InChI is InChI=1S/C27H32N4O3S2/c32-23(28-18-9-11-19(12-10-18)30-13-15-34-16-14-30)17-35-27-29-25-24(21-7-3-4-8-22(21)36-25)26(33)31(27)20-5-1-2-6-20/h9-12,20H,1-8,13-17H2,(H,28,32). The monoisotopic (exact) mass is 524 g/mol. The fourth-order valence-electron chi connectivity index (χ4n) is 5.69. The van der Waals surface area contributed by atoms with Crippen LogP contribution >= 0.6 is 23.1 Å². The topological polar surface area (TPSA) is 76.5 Å². The molecule has 9 heteroatoms. The minimum Gasteiger partial charge on any atom is -0.378 e. The molecule has 3 aromatic rings. The third kappa shape index (κ3) is 4.80. The van der Waals surface area contributed by atoms with E-state index in [1.54, 1.807) is 11.3 Å². The van der Waals surface area contributed by atoms with E-state index in [0.29, 0.717) is 5.16 Å². The van der Waals surface area contributed by atoms with Crippen LogP contribution in [-0.2, 0) is 22.4 Å². The fraction of sp³-hybridized carbons (Fsp3) is 0.519. The minimum atomic E-state index is -0.0862. The normalized spacial score (nSPS) is 18.5. The van der Waals surface area contributed by atoms with Crippen molar-refractivity contribution in [2.45, 2.75) is 62.6 Å². The average molecular weight is 525 g/mol. The van der Waals surface area contributed by atoms with Crippen LogP contribution in [0.25, 0.3) is 10.2 Å². The number of rotatable bonds is 6. The molecule has 1 saturated carbocycles. The van der Waals surface area contributed by atoms with Gasteiger partial charge in [-0.2, -0.15) is 0 Å². The van der Waals surface area contributed by atoms with Crippen LogP contribution in [0.4, 0.5) is 11.4 Å². The number of fused-ring (bicyclic) bond motifs is 3. The van der Waals surface area contributed by atoms with Gasteiger partial charge in [-0.1, -0.05) is 24.6 Å². The largest absolute Gasteiger partial charge is 0.378 e. The quantitative estimate of drug-likeness (QED) is 0.361. The Kier molecular flexibility index (Phi) is 7.04. The molecule has 36 heavy (non-hydrogen) atoms. The molecule has 6 rings (SSSR count). The Bertz CT molecular complexity index is 1310. The maximum atomic E-state index is 13.8. The van der Waals surface area contributed by atoms with E-state index in [2.05, 4.69) is 10.2 Å². The maximum absolute atomic E-state index is 13.8. The molecule has 2 aliphatic carbocycles. The van der Waals surface area contributed by atoms with Crippen molar-refractivity contribution < 1.29 is 9.53 Å². The zero-order chi connectivity index (χ0) is 24.5. The van der Waals surface area contributed by atoms with Crippen LogP contribution in [0.1, 0.15) is 55.0 Å². The Morgan fingerprint density at radius 1 is 1.08 bits per heavy atom. The van der Waals surface area contributed by atoms with Crippen molar-refractivity contribution in [1.29, 1.82) is 0 Å². The summed E-state index contributed by atoms with van der Waals surface area (Å²) in [4.78, 5) is 36.1. The lowest BCUT2D eigenvalue weighted by Gasteiger charge is -2.28. The van der Waals surface area contributed by atoms with Gasteiger partial charge in [0.25, 0.3) is 5.56 Å². The van der Waals surface area contributed by atoms with Gasteiger partial charge >= 0.3 is 0 Å². The molecule has 3 heterocycles. The van der Waals surface area contributed by atoms with Gasteiger partial charge in [0, 0.05) is 35.4 Å². The van der Waals surface area contributed by atoms with Crippen LogP contribution in [0.2, 0.25) is 0 Å². The van der Waals surface area contributed by atoms with Crippen LogP contribution in [0.15, 0.2) is 34.2 Å². The summed E-state index contributed by atoms with van der Waals surface area (Å²) in [6, 6.07) is 8.16. The van der Waals surface area contributed by atoms with Crippen LogP contribution in [0.5, 0.6) is 0 Å². The van der Waals surface area contributed by atoms with Gasteiger partial charge in [0.15, 0.2) is 5.16 Å². The van der Waals surface area contributed by atoms with Gasteiger partial charge in [0.2, 0.25) is 5.91 Å². The van der Waals surface area contributed by atoms with E-state index in [4.69, 9.17) is 9.72 Å². The zero-order valence-corrected chi connectivity index (χ0v) is 22.1. The molecule has 0 radical (unpaired) electrons. The van der Waals surface area contributed by atoms with E-state index < -0.39 is 0 Å². The molecule has 7 nitrogen and oxygen atoms in total. The number of anilines is 2. The zero-order valence-electron chi connectivity index (χ0n) is 20.5. The Hall–Kier alpha value is -2.36. The van der Waals surface area contributed by atoms with Crippen LogP contribution < -0.4 is 15.8 Å². The number of carbonyl (C=O) groups excluding carboxylic acids is 1. The number of ether oxygens (including phenoxy) is 1. The molecule has 1 amide bonds. The Morgan fingerprint density at radius 2 is 1.83 bits per heavy atom. The van der Waals surface area contributed by atoms with Crippen molar-refractivity contribution in [3.05, 3.63) is 45.1 Å². The van der Waals surface area contributed by atoms with Crippen LogP contribution in [0.3, 0.4) is 0 Å². The van der Waals surface area contributed by atoms with Gasteiger partial charge < -0.3 is 15.0 Å². The predicted octanol–water partition coefficient (Wildman–Crippen LogP) is 5.02. The number of hydrogen-bond acceptors (Lipinski definition) is 7. The first kappa shape index (κ1) is 24.0. The number of carbonyl (C=O) groups is 1. The summed E-state index contributed by atoms with van der Waals surface area (Å²) in [5.41, 5.74) is 3.26. The smallest absolute Gasteiger partial charge is 0.263 e. The van der Waals surface area contributed by atoms with Gasteiger partial charge in [0.1, 0.15) is 4.83 Å². The first-order valence-corrected chi connectivity index (χ1v) is 14.9. The number of amides is 1. The molecule has 1 aromatic carbocycles. The SMILES string of the molecule is O=C(CSc1nc2sc3c(c2c(=O)n1C1CCCC1)CCCC3)Nc1ccc(N2CCOCC2)cc1. The minimum absolute atomic E-state index is 0.0862. The van der Waals surface area contributed by atoms with E-state index in [9.17, 15) is 9.59 Å². The molecular formula is C27H32N4O3S2. The molecule has 190 valence electrons. The number of thiophene rings is 1. The summed E-state index contributed by atoms with van der Waals surface area (Å²) >= 11 is 3.07. The Balaban J connectivity index is 1.20. The summed E-state index contributed by atoms with van der Waals surface area (Å²) in [5, 5.41) is 4.54. The molecular weight excluding hydrogens is 492 g/mol. The number of thioether (sulfide) groups is 1. The molecule has 2 aromatic heterocycles. The van der Waals surface area contributed by atoms with Gasteiger partial charge in [-0.3, -0.25) is 14.2 Å². The second kappa shape index (κ2) is 10.6. The van der Waals surface area contributed by atoms with E-state index in [-0.39, 0.29) is 23.3 Å². The molecule has 3 aliphatic rings. The first-order chi connectivity index (χ1) is 17.7. The number of morpholine rings is 1. The lowest BCUT2D eigenvalue weighted by molar-refractivity contribution is -0.113. The molecule has 1 N–H and O–H groups in total. The van der Waals surface area contributed by atoms with E-state index in [0.717, 1.165) is 92.8 Å². The van der Waals surface area contributed by atoms with E-state index in [1.807, 2.05) is 28.8 Å². The molecule has 0 bridgehead atoms. The first-order valence-electron chi connectivity index (χ1n) is 13.1. The average Bonchev–Trinajstić information content (AvgIpc) is 3.56. The van der Waals surface area contributed by atoms with Gasteiger partial charge in [-0.05, 0) is 68.4 Å². The van der Waals surface area contributed by atoms with Crippen molar-refractivity contribution >= 4 is 50.6 Å². The summed E-state index contributed by atoms with van der Waals surface area (Å²) < 4.78 is 7.35. The number of nitrogens with one attached hydrogen (secondary N) is 1. The molecule has 0 spiro atoms. The molecule has 0 unspecified atom stereocenters. The second-order valence-corrected chi connectivity index (χ2v) is 11.9. The van der Waals surface area contributed by atoms with Gasteiger partial charge in [-0.25, -0.2) is 4.98 Å². The van der Waals surface area contributed by atoms with E-state index in [1.165, 1.54) is 28.6 Å². The fourth-order valence-corrected chi connectivity index (χ4v) is 7.86. The molecule has 1 aliphatic heterocycles. The van der Waals surface area contributed by atoms with Crippen LogP contribution in [-0.4, -0.2) is 47.5 Å². The highest BCUT2D eigenvalue weighted by Crippen LogP contribution is 2.37. The van der Waals surface area contributed by atoms with Crippen molar-refractivity contribution in [3.8, 4) is 0 Å². The highest BCUT2D eigenvalue weighted by Gasteiger charge is 2.27. The van der Waals surface area contributed by atoms with Gasteiger partial charge in [0.05, 0.1) is 24.4 Å². The number of benzene rings is 1. The molecule has 0 atom stereocenters. The number of aromatic nitrogens is 2. The third-order valence-corrected chi connectivity index (χ3v) is 9.68. The van der Waals surface area contributed by atoms with Crippen molar-refractivity contribution in [2.75, 3.05) is 42.3 Å². The maximum Gasteiger partial charge on any atom is 0.263 e. The third-order valence-electron chi connectivity index (χ3n) is 7.54. The van der Waals surface area contributed by atoms with Crippen molar-refractivity contribution in [1.82, 2.24) is 9.55 Å². The Morgan fingerprint density at radius 3 is 2.61 bits per heavy atom. The van der Waals surface area contributed by atoms with Crippen molar-refractivity contribution in [2.24, 2.45) is 0 Å². The number of aryl methyl sites for hydroxylation is 2. The summed E-state index contributed by atoms with van der Waals surface area (Å²) in [6.07, 6.45) is 8.66.